The first-order chi connectivity index (χ1) is 5.09. The lowest BCUT2D eigenvalue weighted by molar-refractivity contribution is -0.907. The van der Waals surface area contributed by atoms with Crippen molar-refractivity contribution in [1.29, 1.82) is 0 Å². The third kappa shape index (κ3) is 2.19. The third-order valence-electron chi connectivity index (χ3n) is 2.22. The molecule has 0 unspecified atom stereocenters. The van der Waals surface area contributed by atoms with Crippen LogP contribution in [0.15, 0.2) is 0 Å². The fourth-order valence-electron chi connectivity index (χ4n) is 1.40. The van der Waals surface area contributed by atoms with Gasteiger partial charge < -0.3 is 9.80 Å². The highest BCUT2D eigenvalue weighted by Gasteiger charge is 2.25. The first-order valence-corrected chi connectivity index (χ1v) is 3.98. The van der Waals surface area contributed by atoms with Gasteiger partial charge in [0.1, 0.15) is 0 Å². The Balaban J connectivity index is 2.16. The van der Waals surface area contributed by atoms with E-state index in [-0.39, 0.29) is 5.91 Å². The highest BCUT2D eigenvalue weighted by atomic mass is 16.2. The van der Waals surface area contributed by atoms with Gasteiger partial charge in [-0.25, -0.2) is 0 Å². The zero-order chi connectivity index (χ0) is 8.43. The summed E-state index contributed by atoms with van der Waals surface area (Å²) >= 11 is 0. The standard InChI is InChI=1S/C8H16N2O/c1-7(11)10(3)6-8-4-9(2)5-8/h8-9H,2,4-6H2,1,3H3. The molecular weight excluding hydrogens is 140 g/mol. The van der Waals surface area contributed by atoms with Gasteiger partial charge in [0, 0.05) is 20.5 Å². The summed E-state index contributed by atoms with van der Waals surface area (Å²) in [5, 5.41) is 0. The van der Waals surface area contributed by atoms with Gasteiger partial charge in [0.15, 0.2) is 0 Å². The van der Waals surface area contributed by atoms with E-state index >= 15 is 0 Å². The summed E-state index contributed by atoms with van der Waals surface area (Å²) in [4.78, 5) is 13.9. The second-order valence-corrected chi connectivity index (χ2v) is 3.42. The number of carbonyl (C=O) groups is 1. The number of nitrogens with one attached hydrogen (secondary N) is 1. The Morgan fingerprint density at radius 2 is 2.27 bits per heavy atom. The Hall–Kier alpha value is -0.570. The van der Waals surface area contributed by atoms with Crippen molar-refractivity contribution in [2.45, 2.75) is 6.92 Å². The van der Waals surface area contributed by atoms with E-state index in [9.17, 15) is 4.79 Å². The highest BCUT2D eigenvalue weighted by Crippen LogP contribution is 1.99. The molecule has 0 saturated carbocycles. The van der Waals surface area contributed by atoms with Crippen LogP contribution in [0.1, 0.15) is 6.92 Å². The van der Waals surface area contributed by atoms with E-state index in [0.29, 0.717) is 5.92 Å². The number of hydrogen-bond acceptors (Lipinski definition) is 1. The molecule has 0 atom stereocenters. The minimum Gasteiger partial charge on any atom is -0.467 e. The van der Waals surface area contributed by atoms with Gasteiger partial charge in [0.25, 0.3) is 0 Å². The van der Waals surface area contributed by atoms with Crippen LogP contribution in [0.5, 0.6) is 0 Å². The first-order valence-electron chi connectivity index (χ1n) is 3.98. The summed E-state index contributed by atoms with van der Waals surface area (Å²) in [6, 6.07) is 0. The molecule has 0 radical (unpaired) electrons. The molecule has 64 valence electrons. The van der Waals surface area contributed by atoms with Crippen LogP contribution in [-0.2, 0) is 4.79 Å². The maximum Gasteiger partial charge on any atom is 0.219 e. The Morgan fingerprint density at radius 3 is 2.64 bits per heavy atom. The van der Waals surface area contributed by atoms with Crippen LogP contribution in [0.4, 0.5) is 0 Å². The lowest BCUT2D eigenvalue weighted by Crippen LogP contribution is -3.16. The van der Waals surface area contributed by atoms with Crippen molar-refractivity contribution in [3.05, 3.63) is 7.05 Å². The predicted molar refractivity (Wildman–Crippen MR) is 42.9 cm³/mol. The van der Waals surface area contributed by atoms with E-state index in [2.05, 4.69) is 7.05 Å². The Morgan fingerprint density at radius 1 is 1.73 bits per heavy atom. The molecule has 0 aliphatic carbocycles. The molecule has 3 nitrogen and oxygen atoms in total. The summed E-state index contributed by atoms with van der Waals surface area (Å²) in [5.41, 5.74) is 0. The highest BCUT2D eigenvalue weighted by molar-refractivity contribution is 5.72. The van der Waals surface area contributed by atoms with Crippen molar-refractivity contribution in [3.63, 3.8) is 0 Å². The molecule has 0 aromatic rings. The van der Waals surface area contributed by atoms with E-state index in [1.54, 1.807) is 11.8 Å². The summed E-state index contributed by atoms with van der Waals surface area (Å²) in [6.45, 7) is 4.72. The van der Waals surface area contributed by atoms with Crippen LogP contribution >= 0.6 is 0 Å². The van der Waals surface area contributed by atoms with E-state index in [0.717, 1.165) is 19.6 Å². The number of carbonyl (C=O) groups excluding carboxylic acids is 1. The van der Waals surface area contributed by atoms with Crippen molar-refractivity contribution in [3.8, 4) is 0 Å². The minimum absolute atomic E-state index is 0.155. The Labute approximate surface area is 68.0 Å². The molecule has 1 aliphatic heterocycles. The molecular formula is C8H16N2O. The van der Waals surface area contributed by atoms with Crippen LogP contribution in [-0.4, -0.2) is 37.5 Å². The summed E-state index contributed by atoms with van der Waals surface area (Å²) < 4.78 is 0. The first kappa shape index (κ1) is 8.53. The van der Waals surface area contributed by atoms with Crippen molar-refractivity contribution in [1.82, 2.24) is 4.90 Å². The van der Waals surface area contributed by atoms with Crippen molar-refractivity contribution in [2.24, 2.45) is 5.92 Å². The average molecular weight is 156 g/mol. The predicted octanol–water partition coefficient (Wildman–Crippen LogP) is -1.23. The molecule has 1 amide bonds. The average Bonchev–Trinajstić information content (AvgIpc) is 1.84. The van der Waals surface area contributed by atoms with Gasteiger partial charge in [-0.1, -0.05) is 0 Å². The fourth-order valence-corrected chi connectivity index (χ4v) is 1.40. The maximum atomic E-state index is 10.8. The largest absolute Gasteiger partial charge is 0.467 e. The normalized spacial score (nSPS) is 29.4. The Kier molecular flexibility index (Phi) is 2.49. The summed E-state index contributed by atoms with van der Waals surface area (Å²) in [7, 11) is 5.71. The molecule has 1 fully saturated rings. The second kappa shape index (κ2) is 3.22. The lowest BCUT2D eigenvalue weighted by atomic mass is 10.0. The molecule has 1 heterocycles. The van der Waals surface area contributed by atoms with Gasteiger partial charge in [-0.05, 0) is 0 Å². The molecule has 1 rings (SSSR count). The monoisotopic (exact) mass is 156 g/mol. The minimum atomic E-state index is 0.155. The topological polar surface area (TPSA) is 24.8 Å². The number of amides is 1. The maximum absolute atomic E-state index is 10.8. The number of nitrogens with zero attached hydrogens (tertiary/aromatic N) is 1. The molecule has 1 N–H and O–H groups in total. The van der Waals surface area contributed by atoms with E-state index in [1.165, 1.54) is 4.90 Å². The molecule has 11 heavy (non-hydrogen) atoms. The van der Waals surface area contributed by atoms with Gasteiger partial charge in [-0.3, -0.25) is 4.79 Å². The molecule has 1 aliphatic rings. The van der Waals surface area contributed by atoms with Gasteiger partial charge >= 0.3 is 0 Å². The van der Waals surface area contributed by atoms with Gasteiger partial charge in [0.05, 0.1) is 19.0 Å². The third-order valence-corrected chi connectivity index (χ3v) is 2.22. The van der Waals surface area contributed by atoms with Crippen LogP contribution < -0.4 is 4.90 Å². The van der Waals surface area contributed by atoms with E-state index in [4.69, 9.17) is 0 Å². The van der Waals surface area contributed by atoms with Gasteiger partial charge in [0.2, 0.25) is 5.91 Å². The summed E-state index contributed by atoms with van der Waals surface area (Å²) in [5.74, 6) is 0.832. The number of rotatable bonds is 2. The van der Waals surface area contributed by atoms with Gasteiger partial charge in [-0.15, -0.1) is 0 Å². The summed E-state index contributed by atoms with van der Waals surface area (Å²) in [6.07, 6.45) is 0. The number of quaternary nitrogens is 1. The quantitative estimate of drug-likeness (QED) is 0.498. The van der Waals surface area contributed by atoms with Crippen LogP contribution in [0.25, 0.3) is 0 Å². The molecule has 0 spiro atoms. The van der Waals surface area contributed by atoms with Crippen LogP contribution in [0.2, 0.25) is 0 Å². The smallest absolute Gasteiger partial charge is 0.219 e. The zero-order valence-corrected chi connectivity index (χ0v) is 7.26. The van der Waals surface area contributed by atoms with Crippen LogP contribution in [0, 0.1) is 13.0 Å². The van der Waals surface area contributed by atoms with Crippen molar-refractivity contribution < 1.29 is 9.69 Å². The second-order valence-electron chi connectivity index (χ2n) is 3.42. The number of likely N-dealkylation sites (tertiary alicyclic amines) is 1. The molecule has 0 aromatic heterocycles. The molecule has 3 heteroatoms. The molecule has 0 bridgehead atoms. The van der Waals surface area contributed by atoms with E-state index in [1.807, 2.05) is 7.05 Å². The molecule has 0 aromatic carbocycles. The Bertz CT molecular complexity index is 152. The van der Waals surface area contributed by atoms with Crippen molar-refractivity contribution >= 4 is 5.91 Å². The fraction of sp³-hybridized carbons (Fsp3) is 0.750. The SMILES string of the molecule is [CH2-][NH+]1CC(CN(C)C(C)=O)C1. The lowest BCUT2D eigenvalue weighted by Gasteiger charge is -2.39. The van der Waals surface area contributed by atoms with Crippen LogP contribution in [0.3, 0.4) is 0 Å². The van der Waals surface area contributed by atoms with Gasteiger partial charge in [-0.2, -0.15) is 7.05 Å². The van der Waals surface area contributed by atoms with E-state index < -0.39 is 0 Å². The number of hydrogen-bond donors (Lipinski definition) is 1. The molecule has 1 saturated heterocycles. The van der Waals surface area contributed by atoms with Crippen molar-refractivity contribution in [2.75, 3.05) is 26.7 Å². The zero-order valence-electron chi connectivity index (χ0n) is 7.26.